The fourth-order valence-corrected chi connectivity index (χ4v) is 1.87. The van der Waals surface area contributed by atoms with E-state index in [-0.39, 0.29) is 0 Å². The highest BCUT2D eigenvalue weighted by Crippen LogP contribution is 2.19. The number of hydrogen-bond acceptors (Lipinski definition) is 4. The number of methoxy groups -OCH3 is 1. The molecule has 18 heavy (non-hydrogen) atoms. The van der Waals surface area contributed by atoms with Gasteiger partial charge in [0.25, 0.3) is 0 Å². The van der Waals surface area contributed by atoms with Crippen molar-refractivity contribution in [2.24, 2.45) is 7.05 Å². The molecular formula is C13H18N4O. The van der Waals surface area contributed by atoms with Crippen molar-refractivity contribution in [3.63, 3.8) is 0 Å². The maximum Gasteiger partial charge on any atom is 0.146 e. The summed E-state index contributed by atoms with van der Waals surface area (Å²) in [6, 6.07) is 8.05. The average molecular weight is 246 g/mol. The van der Waals surface area contributed by atoms with E-state index >= 15 is 0 Å². The topological polar surface area (TPSA) is 43.2 Å². The van der Waals surface area contributed by atoms with E-state index in [1.165, 1.54) is 5.56 Å². The Kier molecular flexibility index (Phi) is 3.94. The molecule has 0 radical (unpaired) electrons. The van der Waals surface area contributed by atoms with Crippen molar-refractivity contribution in [2.45, 2.75) is 13.1 Å². The minimum Gasteiger partial charge on any atom is -0.496 e. The van der Waals surface area contributed by atoms with E-state index in [2.05, 4.69) is 28.2 Å². The molecular weight excluding hydrogens is 228 g/mol. The smallest absolute Gasteiger partial charge is 0.146 e. The molecule has 0 aliphatic rings. The van der Waals surface area contributed by atoms with Crippen molar-refractivity contribution in [1.82, 2.24) is 19.7 Å². The van der Waals surface area contributed by atoms with E-state index in [0.29, 0.717) is 0 Å². The Labute approximate surface area is 107 Å². The molecule has 5 nitrogen and oxygen atoms in total. The van der Waals surface area contributed by atoms with E-state index in [9.17, 15) is 0 Å². The Morgan fingerprint density at radius 3 is 2.72 bits per heavy atom. The molecule has 1 heterocycles. The summed E-state index contributed by atoms with van der Waals surface area (Å²) in [5.74, 6) is 1.87. The highest BCUT2D eigenvalue weighted by molar-refractivity contribution is 5.32. The number of benzene rings is 1. The summed E-state index contributed by atoms with van der Waals surface area (Å²) in [5.41, 5.74) is 1.17. The minimum atomic E-state index is 0.758. The van der Waals surface area contributed by atoms with Gasteiger partial charge in [0.1, 0.15) is 17.9 Å². The zero-order valence-corrected chi connectivity index (χ0v) is 11.0. The van der Waals surface area contributed by atoms with Crippen molar-refractivity contribution in [3.8, 4) is 5.75 Å². The summed E-state index contributed by atoms with van der Waals surface area (Å²) in [6.45, 7) is 1.57. The van der Waals surface area contributed by atoms with Gasteiger partial charge in [0.05, 0.1) is 13.7 Å². The molecule has 1 aromatic heterocycles. The number of ether oxygens (including phenoxy) is 1. The zero-order valence-electron chi connectivity index (χ0n) is 11.0. The monoisotopic (exact) mass is 246 g/mol. The lowest BCUT2D eigenvalue weighted by Crippen LogP contribution is -2.19. The number of nitrogens with zero attached hydrogens (tertiary/aromatic N) is 4. The average Bonchev–Trinajstić information content (AvgIpc) is 2.75. The van der Waals surface area contributed by atoms with Gasteiger partial charge in [-0.25, -0.2) is 0 Å². The van der Waals surface area contributed by atoms with Crippen LogP contribution in [0.3, 0.4) is 0 Å². The molecule has 0 amide bonds. The molecule has 0 fully saturated rings. The van der Waals surface area contributed by atoms with Crippen LogP contribution in [0.4, 0.5) is 0 Å². The van der Waals surface area contributed by atoms with Gasteiger partial charge in [-0.2, -0.15) is 0 Å². The molecule has 0 aliphatic heterocycles. The molecule has 1 aromatic carbocycles. The number of hydrogen-bond donors (Lipinski definition) is 0. The normalized spacial score (nSPS) is 10.9. The molecule has 0 aliphatic carbocycles. The Morgan fingerprint density at radius 1 is 1.28 bits per heavy atom. The van der Waals surface area contributed by atoms with E-state index in [4.69, 9.17) is 4.74 Å². The van der Waals surface area contributed by atoms with Gasteiger partial charge < -0.3 is 9.30 Å². The van der Waals surface area contributed by atoms with Gasteiger partial charge in [-0.1, -0.05) is 18.2 Å². The van der Waals surface area contributed by atoms with E-state index in [1.54, 1.807) is 13.4 Å². The predicted molar refractivity (Wildman–Crippen MR) is 69.2 cm³/mol. The fraction of sp³-hybridized carbons (Fsp3) is 0.385. The highest BCUT2D eigenvalue weighted by atomic mass is 16.5. The van der Waals surface area contributed by atoms with Crippen LogP contribution in [0, 0.1) is 0 Å². The molecule has 0 N–H and O–H groups in total. The molecule has 0 saturated heterocycles. The predicted octanol–water partition coefficient (Wildman–Crippen LogP) is 1.46. The molecule has 2 rings (SSSR count). The van der Waals surface area contributed by atoms with E-state index in [1.807, 2.05) is 29.8 Å². The van der Waals surface area contributed by atoms with Crippen molar-refractivity contribution in [3.05, 3.63) is 42.0 Å². The largest absolute Gasteiger partial charge is 0.496 e. The third kappa shape index (κ3) is 2.87. The van der Waals surface area contributed by atoms with Crippen molar-refractivity contribution in [2.75, 3.05) is 14.2 Å². The lowest BCUT2D eigenvalue weighted by Gasteiger charge is -2.17. The summed E-state index contributed by atoms with van der Waals surface area (Å²) >= 11 is 0. The standard InChI is InChI=1S/C13H18N4O/c1-16(9-13-15-14-10-17(13)2)8-11-6-4-5-7-12(11)18-3/h4-7,10H,8-9H2,1-3H3. The second-order valence-electron chi connectivity index (χ2n) is 4.34. The highest BCUT2D eigenvalue weighted by Gasteiger charge is 2.08. The SMILES string of the molecule is COc1ccccc1CN(C)Cc1nncn1C. The Hall–Kier alpha value is -1.88. The first-order chi connectivity index (χ1) is 8.70. The molecule has 0 saturated carbocycles. The number of aromatic nitrogens is 3. The van der Waals surface area contributed by atoms with Gasteiger partial charge >= 0.3 is 0 Å². The van der Waals surface area contributed by atoms with E-state index < -0.39 is 0 Å². The van der Waals surface area contributed by atoms with Crippen LogP contribution in [0.2, 0.25) is 0 Å². The first kappa shape index (κ1) is 12.6. The van der Waals surface area contributed by atoms with Gasteiger partial charge in [-0.05, 0) is 13.1 Å². The summed E-state index contributed by atoms with van der Waals surface area (Å²) in [6.07, 6.45) is 1.71. The molecule has 2 aromatic rings. The third-order valence-corrected chi connectivity index (χ3v) is 2.85. The Balaban J connectivity index is 2.03. The first-order valence-corrected chi connectivity index (χ1v) is 5.84. The lowest BCUT2D eigenvalue weighted by molar-refractivity contribution is 0.299. The quantitative estimate of drug-likeness (QED) is 0.801. The van der Waals surface area contributed by atoms with Crippen LogP contribution in [-0.2, 0) is 20.1 Å². The van der Waals surface area contributed by atoms with Gasteiger partial charge in [0, 0.05) is 19.2 Å². The molecule has 0 spiro atoms. The van der Waals surface area contributed by atoms with Crippen LogP contribution >= 0.6 is 0 Å². The van der Waals surface area contributed by atoms with Gasteiger partial charge in [-0.15, -0.1) is 10.2 Å². The summed E-state index contributed by atoms with van der Waals surface area (Å²) in [5, 5.41) is 7.96. The van der Waals surface area contributed by atoms with Gasteiger partial charge in [0.15, 0.2) is 0 Å². The number of rotatable bonds is 5. The van der Waals surface area contributed by atoms with Crippen molar-refractivity contribution < 1.29 is 4.74 Å². The number of para-hydroxylation sites is 1. The van der Waals surface area contributed by atoms with Crippen LogP contribution in [0.25, 0.3) is 0 Å². The zero-order chi connectivity index (χ0) is 13.0. The molecule has 0 atom stereocenters. The molecule has 96 valence electrons. The number of aryl methyl sites for hydroxylation is 1. The van der Waals surface area contributed by atoms with Crippen molar-refractivity contribution in [1.29, 1.82) is 0 Å². The van der Waals surface area contributed by atoms with Gasteiger partial charge in [0.2, 0.25) is 0 Å². The summed E-state index contributed by atoms with van der Waals surface area (Å²) in [4.78, 5) is 2.18. The molecule has 0 bridgehead atoms. The van der Waals surface area contributed by atoms with E-state index in [0.717, 1.165) is 24.7 Å². The lowest BCUT2D eigenvalue weighted by atomic mass is 10.2. The van der Waals surface area contributed by atoms with Crippen LogP contribution < -0.4 is 4.74 Å². The van der Waals surface area contributed by atoms with Crippen LogP contribution in [0.1, 0.15) is 11.4 Å². The Morgan fingerprint density at radius 2 is 2.06 bits per heavy atom. The van der Waals surface area contributed by atoms with Crippen LogP contribution in [0.15, 0.2) is 30.6 Å². The molecule has 0 unspecified atom stereocenters. The summed E-state index contributed by atoms with van der Waals surface area (Å²) in [7, 11) is 5.70. The summed E-state index contributed by atoms with van der Waals surface area (Å²) < 4.78 is 7.27. The molecule has 5 heteroatoms. The second kappa shape index (κ2) is 5.64. The Bertz CT molecular complexity index is 509. The van der Waals surface area contributed by atoms with Crippen LogP contribution in [-0.4, -0.2) is 33.8 Å². The second-order valence-corrected chi connectivity index (χ2v) is 4.34. The van der Waals surface area contributed by atoms with Crippen molar-refractivity contribution >= 4 is 0 Å². The minimum absolute atomic E-state index is 0.758. The maximum absolute atomic E-state index is 5.35. The maximum atomic E-state index is 5.35. The third-order valence-electron chi connectivity index (χ3n) is 2.85. The van der Waals surface area contributed by atoms with Crippen LogP contribution in [0.5, 0.6) is 5.75 Å². The van der Waals surface area contributed by atoms with Gasteiger partial charge in [-0.3, -0.25) is 4.90 Å². The first-order valence-electron chi connectivity index (χ1n) is 5.84. The fourth-order valence-electron chi connectivity index (χ4n) is 1.87.